The number of urea groups is 1. The molecule has 2 amide bonds. The molecule has 0 heterocycles. The van der Waals surface area contributed by atoms with Crippen molar-refractivity contribution in [2.24, 2.45) is 0 Å². The summed E-state index contributed by atoms with van der Waals surface area (Å²) in [7, 11) is 0. The van der Waals surface area contributed by atoms with Gasteiger partial charge in [-0.2, -0.15) is 0 Å². The van der Waals surface area contributed by atoms with E-state index < -0.39 is 0 Å². The number of benzene rings is 1. The molecule has 1 aromatic carbocycles. The van der Waals surface area contributed by atoms with Crippen LogP contribution in [0.2, 0.25) is 0 Å². The first kappa shape index (κ1) is 17.3. The molecule has 0 spiro atoms. The number of nitrogens with one attached hydrogen (secondary N) is 2. The summed E-state index contributed by atoms with van der Waals surface area (Å²) < 4.78 is 5.60. The predicted molar refractivity (Wildman–Crippen MR) is 83.7 cm³/mol. The summed E-state index contributed by atoms with van der Waals surface area (Å²) in [5.41, 5.74) is 2.32. The van der Waals surface area contributed by atoms with E-state index in [4.69, 9.17) is 4.74 Å². The van der Waals surface area contributed by atoms with Gasteiger partial charge in [-0.25, -0.2) is 4.79 Å². The van der Waals surface area contributed by atoms with Gasteiger partial charge < -0.3 is 20.5 Å². The molecule has 1 atom stereocenters. The summed E-state index contributed by atoms with van der Waals surface area (Å²) in [6.45, 7) is 7.30. The number of hydrogen-bond donors (Lipinski definition) is 3. The van der Waals surface area contributed by atoms with Crippen LogP contribution >= 0.6 is 0 Å². The molecular weight excluding hydrogens is 268 g/mol. The quantitative estimate of drug-likeness (QED) is 0.643. The van der Waals surface area contributed by atoms with Crippen molar-refractivity contribution in [1.29, 1.82) is 0 Å². The second-order valence-corrected chi connectivity index (χ2v) is 5.21. The van der Waals surface area contributed by atoms with Crippen molar-refractivity contribution in [3.63, 3.8) is 0 Å². The fourth-order valence-corrected chi connectivity index (χ4v) is 1.97. The summed E-state index contributed by atoms with van der Waals surface area (Å²) >= 11 is 0. The van der Waals surface area contributed by atoms with Gasteiger partial charge in [0, 0.05) is 6.54 Å². The lowest BCUT2D eigenvalue weighted by Gasteiger charge is -2.11. The van der Waals surface area contributed by atoms with Gasteiger partial charge in [0.05, 0.1) is 12.6 Å². The summed E-state index contributed by atoms with van der Waals surface area (Å²) in [5, 5.41) is 14.8. The molecule has 0 aliphatic rings. The smallest absolute Gasteiger partial charge is 0.314 e. The Bertz CT molecular complexity index is 429. The number of amides is 2. The topological polar surface area (TPSA) is 70.6 Å². The Morgan fingerprint density at radius 1 is 1.19 bits per heavy atom. The molecule has 118 valence electrons. The molecule has 0 radical (unpaired) electrons. The SMILES string of the molecule is CCC(O)CCNC(=O)NCCOc1cc(C)cc(C)c1. The van der Waals surface area contributed by atoms with Crippen molar-refractivity contribution in [2.45, 2.75) is 39.7 Å². The van der Waals surface area contributed by atoms with E-state index in [0.717, 1.165) is 16.9 Å². The first-order chi connectivity index (χ1) is 10.0. The maximum absolute atomic E-state index is 11.5. The second-order valence-electron chi connectivity index (χ2n) is 5.21. The molecule has 0 saturated heterocycles. The number of aliphatic hydroxyl groups is 1. The van der Waals surface area contributed by atoms with Crippen LogP contribution in [0.5, 0.6) is 5.75 Å². The predicted octanol–water partition coefficient (Wildman–Crippen LogP) is 2.14. The van der Waals surface area contributed by atoms with E-state index in [0.29, 0.717) is 32.5 Å². The van der Waals surface area contributed by atoms with Gasteiger partial charge in [-0.15, -0.1) is 0 Å². The highest BCUT2D eigenvalue weighted by Crippen LogP contribution is 2.15. The minimum absolute atomic E-state index is 0.234. The van der Waals surface area contributed by atoms with Gasteiger partial charge in [0.15, 0.2) is 0 Å². The van der Waals surface area contributed by atoms with Crippen LogP contribution in [0.3, 0.4) is 0 Å². The third kappa shape index (κ3) is 7.56. The van der Waals surface area contributed by atoms with Crippen LogP contribution in [0.25, 0.3) is 0 Å². The Morgan fingerprint density at radius 3 is 2.43 bits per heavy atom. The van der Waals surface area contributed by atoms with E-state index in [1.54, 1.807) is 0 Å². The number of aryl methyl sites for hydroxylation is 2. The molecule has 0 aliphatic carbocycles. The normalized spacial score (nSPS) is 11.8. The largest absolute Gasteiger partial charge is 0.492 e. The summed E-state index contributed by atoms with van der Waals surface area (Å²) in [5.74, 6) is 0.820. The fourth-order valence-electron chi connectivity index (χ4n) is 1.97. The van der Waals surface area contributed by atoms with E-state index in [1.165, 1.54) is 0 Å². The number of rotatable bonds is 8. The van der Waals surface area contributed by atoms with E-state index >= 15 is 0 Å². The average Bonchev–Trinajstić information content (AvgIpc) is 2.42. The Balaban J connectivity index is 2.14. The van der Waals surface area contributed by atoms with Crippen molar-refractivity contribution in [1.82, 2.24) is 10.6 Å². The summed E-state index contributed by atoms with van der Waals surface area (Å²) in [6, 6.07) is 5.80. The van der Waals surface area contributed by atoms with E-state index in [-0.39, 0.29) is 12.1 Å². The molecule has 21 heavy (non-hydrogen) atoms. The van der Waals surface area contributed by atoms with Crippen LogP contribution in [-0.4, -0.2) is 36.9 Å². The number of carbonyl (C=O) groups excluding carboxylic acids is 1. The molecule has 1 unspecified atom stereocenters. The van der Waals surface area contributed by atoms with Crippen LogP contribution in [0.1, 0.15) is 30.9 Å². The minimum Gasteiger partial charge on any atom is -0.492 e. The lowest BCUT2D eigenvalue weighted by atomic mass is 10.1. The Labute approximate surface area is 126 Å². The average molecular weight is 294 g/mol. The zero-order valence-electron chi connectivity index (χ0n) is 13.1. The third-order valence-corrected chi connectivity index (χ3v) is 3.09. The monoisotopic (exact) mass is 294 g/mol. The first-order valence-corrected chi connectivity index (χ1v) is 7.42. The lowest BCUT2D eigenvalue weighted by molar-refractivity contribution is 0.160. The molecule has 1 aromatic rings. The molecule has 5 heteroatoms. The van der Waals surface area contributed by atoms with Crippen LogP contribution in [0, 0.1) is 13.8 Å². The van der Waals surface area contributed by atoms with Crippen molar-refractivity contribution < 1.29 is 14.6 Å². The number of ether oxygens (including phenoxy) is 1. The maximum Gasteiger partial charge on any atom is 0.314 e. The lowest BCUT2D eigenvalue weighted by Crippen LogP contribution is -2.38. The summed E-state index contributed by atoms with van der Waals surface area (Å²) in [6.07, 6.45) is 0.925. The highest BCUT2D eigenvalue weighted by Gasteiger charge is 2.03. The van der Waals surface area contributed by atoms with E-state index in [1.807, 2.05) is 32.9 Å². The van der Waals surface area contributed by atoms with Gasteiger partial charge in [0.2, 0.25) is 0 Å². The zero-order valence-corrected chi connectivity index (χ0v) is 13.1. The number of carbonyl (C=O) groups is 1. The minimum atomic E-state index is -0.349. The summed E-state index contributed by atoms with van der Waals surface area (Å²) in [4.78, 5) is 11.5. The zero-order chi connectivity index (χ0) is 15.7. The van der Waals surface area contributed by atoms with Crippen LogP contribution in [0.4, 0.5) is 4.79 Å². The standard InChI is InChI=1S/C16H26N2O3/c1-4-14(19)5-6-17-16(20)18-7-8-21-15-10-12(2)9-13(3)11-15/h9-11,14,19H,4-8H2,1-3H3,(H2,17,18,20). The van der Waals surface area contributed by atoms with Gasteiger partial charge >= 0.3 is 6.03 Å². The molecule has 0 aromatic heterocycles. The second kappa shape index (κ2) is 9.23. The molecule has 5 nitrogen and oxygen atoms in total. The van der Waals surface area contributed by atoms with Gasteiger partial charge in [-0.05, 0) is 49.9 Å². The van der Waals surface area contributed by atoms with E-state index in [9.17, 15) is 9.90 Å². The van der Waals surface area contributed by atoms with Gasteiger partial charge in [-0.3, -0.25) is 0 Å². The van der Waals surface area contributed by atoms with Gasteiger partial charge in [0.1, 0.15) is 12.4 Å². The van der Waals surface area contributed by atoms with Crippen LogP contribution in [-0.2, 0) is 0 Å². The van der Waals surface area contributed by atoms with Crippen molar-refractivity contribution in [2.75, 3.05) is 19.7 Å². The van der Waals surface area contributed by atoms with E-state index in [2.05, 4.69) is 16.7 Å². The Morgan fingerprint density at radius 2 is 1.81 bits per heavy atom. The van der Waals surface area contributed by atoms with Crippen molar-refractivity contribution >= 4 is 6.03 Å². The van der Waals surface area contributed by atoms with Crippen LogP contribution < -0.4 is 15.4 Å². The first-order valence-electron chi connectivity index (χ1n) is 7.42. The molecule has 0 fully saturated rings. The van der Waals surface area contributed by atoms with Crippen molar-refractivity contribution in [3.05, 3.63) is 29.3 Å². The maximum atomic E-state index is 11.5. The molecule has 0 bridgehead atoms. The fraction of sp³-hybridized carbons (Fsp3) is 0.562. The third-order valence-electron chi connectivity index (χ3n) is 3.09. The Kier molecular flexibility index (Phi) is 7.61. The highest BCUT2D eigenvalue weighted by molar-refractivity contribution is 5.73. The number of hydrogen-bond acceptors (Lipinski definition) is 3. The molecule has 1 rings (SSSR count). The molecule has 3 N–H and O–H groups in total. The Hall–Kier alpha value is -1.75. The van der Waals surface area contributed by atoms with Crippen molar-refractivity contribution in [3.8, 4) is 5.75 Å². The van der Waals surface area contributed by atoms with Gasteiger partial charge in [-0.1, -0.05) is 13.0 Å². The highest BCUT2D eigenvalue weighted by atomic mass is 16.5. The number of aliphatic hydroxyl groups excluding tert-OH is 1. The van der Waals surface area contributed by atoms with Crippen LogP contribution in [0.15, 0.2) is 18.2 Å². The molecule has 0 aliphatic heterocycles. The molecule has 0 saturated carbocycles. The molecular formula is C16H26N2O3. The van der Waals surface area contributed by atoms with Gasteiger partial charge in [0.25, 0.3) is 0 Å².